The predicted octanol–water partition coefficient (Wildman–Crippen LogP) is 1.62. The molecule has 1 aromatic heterocycles. The Bertz CT molecular complexity index is 1650. The summed E-state index contributed by atoms with van der Waals surface area (Å²) in [6, 6.07) is 1.65. The van der Waals surface area contributed by atoms with Gasteiger partial charge in [0.25, 0.3) is 5.97 Å². The largest absolute Gasteiger partial charge is 0.472 e. The van der Waals surface area contributed by atoms with Gasteiger partial charge in [-0.25, -0.2) is 9.59 Å². The SMILES string of the molecule is COC(=O)[C@@H](O)[C@@H]1[C@@]2(C)C[C@@]3(O)C([C@H]4O[C@]5(C)O[C@]6(C[C@@H](OC(C)=O)[C@@]7(C)C(=CC(=O)O[C@@H]7c7ccoc7)[C@]46O5)[C@@]13C)[C@@H]2OC(C)=O. The van der Waals surface area contributed by atoms with E-state index >= 15 is 0 Å². The van der Waals surface area contributed by atoms with Gasteiger partial charge in [0.05, 0.1) is 36.6 Å². The molecular weight excluding hydrogens is 620 g/mol. The fourth-order valence-corrected chi connectivity index (χ4v) is 11.8. The summed E-state index contributed by atoms with van der Waals surface area (Å²) < 4.78 is 48.8. The average molecular weight is 659 g/mol. The maximum atomic E-state index is 13.6. The molecule has 4 bridgehead atoms. The maximum Gasteiger partial charge on any atom is 0.335 e. The molecule has 14 nitrogen and oxygen atoms in total. The number of rotatable bonds is 5. The smallest absolute Gasteiger partial charge is 0.335 e. The van der Waals surface area contributed by atoms with Crippen LogP contribution in [-0.2, 0) is 52.3 Å². The van der Waals surface area contributed by atoms with Crippen LogP contribution in [-0.4, -0.2) is 88.4 Å². The number of fused-ring (bicyclic) bond motifs is 4. The molecule has 1 aromatic rings. The molecule has 0 radical (unpaired) electrons. The van der Waals surface area contributed by atoms with Gasteiger partial charge in [-0.2, -0.15) is 0 Å². The van der Waals surface area contributed by atoms with Crippen molar-refractivity contribution < 1.29 is 67.0 Å². The zero-order valence-corrected chi connectivity index (χ0v) is 27.1. The molecule has 8 rings (SSSR count). The summed E-state index contributed by atoms with van der Waals surface area (Å²) in [6.45, 7) is 9.35. The lowest BCUT2D eigenvalue weighted by atomic mass is 9.35. The molecule has 6 fully saturated rings. The second-order valence-corrected chi connectivity index (χ2v) is 15.0. The van der Waals surface area contributed by atoms with Crippen molar-refractivity contribution in [1.29, 1.82) is 0 Å². The fourth-order valence-electron chi connectivity index (χ4n) is 11.8. The third-order valence-electron chi connectivity index (χ3n) is 13.0. The van der Waals surface area contributed by atoms with E-state index in [0.29, 0.717) is 11.1 Å². The number of hydrogen-bond donors (Lipinski definition) is 2. The third kappa shape index (κ3) is 3.11. The zero-order valence-electron chi connectivity index (χ0n) is 27.1. The van der Waals surface area contributed by atoms with Gasteiger partial charge in [-0.3, -0.25) is 9.59 Å². The Balaban J connectivity index is 1.46. The van der Waals surface area contributed by atoms with Gasteiger partial charge in [-0.1, -0.05) is 13.8 Å². The minimum absolute atomic E-state index is 0.0101. The van der Waals surface area contributed by atoms with Crippen LogP contribution < -0.4 is 0 Å². The third-order valence-corrected chi connectivity index (χ3v) is 13.0. The quantitative estimate of drug-likeness (QED) is 0.343. The normalized spacial score (nSPS) is 51.8. The minimum Gasteiger partial charge on any atom is -0.472 e. The van der Waals surface area contributed by atoms with Gasteiger partial charge in [-0.15, -0.1) is 0 Å². The van der Waals surface area contributed by atoms with E-state index in [2.05, 4.69) is 0 Å². The number of esters is 4. The molecule has 47 heavy (non-hydrogen) atoms. The van der Waals surface area contributed by atoms with Crippen LogP contribution in [0.25, 0.3) is 0 Å². The molecule has 4 heterocycles. The summed E-state index contributed by atoms with van der Waals surface area (Å²) in [7, 11) is 1.14. The molecule has 14 heteroatoms. The summed E-state index contributed by atoms with van der Waals surface area (Å²) in [6.07, 6.45) is -1.98. The van der Waals surface area contributed by atoms with Crippen LogP contribution in [0, 0.1) is 28.1 Å². The van der Waals surface area contributed by atoms with Crippen LogP contribution in [0.4, 0.5) is 0 Å². The van der Waals surface area contributed by atoms with Crippen molar-refractivity contribution in [3.8, 4) is 0 Å². The van der Waals surface area contributed by atoms with Crippen molar-refractivity contribution in [2.45, 2.75) is 108 Å². The number of aliphatic hydroxyl groups is 2. The maximum absolute atomic E-state index is 13.6. The lowest BCUT2D eigenvalue weighted by Crippen LogP contribution is -2.88. The van der Waals surface area contributed by atoms with Crippen molar-refractivity contribution in [2.75, 3.05) is 7.11 Å². The van der Waals surface area contributed by atoms with Crippen LogP contribution in [0.15, 0.2) is 34.7 Å². The van der Waals surface area contributed by atoms with Crippen molar-refractivity contribution in [3.05, 3.63) is 35.8 Å². The number of carbonyl (C=O) groups excluding carboxylic acids is 4. The molecule has 14 atom stereocenters. The first kappa shape index (κ1) is 31.0. The Hall–Kier alpha value is -3.30. The molecule has 0 aromatic carbocycles. The van der Waals surface area contributed by atoms with Gasteiger partial charge in [0, 0.05) is 55.6 Å². The number of methoxy groups -OCH3 is 1. The summed E-state index contributed by atoms with van der Waals surface area (Å²) >= 11 is 0. The monoisotopic (exact) mass is 658 g/mol. The second kappa shape index (κ2) is 8.83. The van der Waals surface area contributed by atoms with E-state index in [0.717, 1.165) is 7.11 Å². The average Bonchev–Trinajstić information content (AvgIpc) is 3.74. The van der Waals surface area contributed by atoms with Crippen molar-refractivity contribution in [1.82, 2.24) is 0 Å². The highest BCUT2D eigenvalue weighted by molar-refractivity contribution is 5.86. The Morgan fingerprint density at radius 1 is 1.06 bits per heavy atom. The van der Waals surface area contributed by atoms with Gasteiger partial charge in [-0.05, 0) is 25.0 Å². The molecule has 1 unspecified atom stereocenters. The molecule has 3 aliphatic heterocycles. The molecule has 4 saturated carbocycles. The highest BCUT2D eigenvalue weighted by Crippen LogP contribution is 2.87. The van der Waals surface area contributed by atoms with E-state index < -0.39 is 105 Å². The summed E-state index contributed by atoms with van der Waals surface area (Å²) in [5.41, 5.74) is -8.45. The Kier molecular flexibility index (Phi) is 5.82. The molecule has 4 aliphatic carbocycles. The van der Waals surface area contributed by atoms with Crippen LogP contribution >= 0.6 is 0 Å². The van der Waals surface area contributed by atoms with Crippen molar-refractivity contribution >= 4 is 23.9 Å². The molecule has 2 saturated heterocycles. The highest BCUT2D eigenvalue weighted by atomic mass is 16.9. The predicted molar refractivity (Wildman–Crippen MR) is 151 cm³/mol. The fraction of sp³-hybridized carbons (Fsp3) is 0.697. The molecule has 2 N–H and O–H groups in total. The number of cyclic esters (lactones) is 1. The molecule has 1 spiro atoms. The first-order valence-electron chi connectivity index (χ1n) is 15.8. The van der Waals surface area contributed by atoms with Crippen LogP contribution in [0.3, 0.4) is 0 Å². The number of carbonyl (C=O) groups is 4. The summed E-state index contributed by atoms with van der Waals surface area (Å²) in [5, 5.41) is 25.0. The zero-order chi connectivity index (χ0) is 33.9. The van der Waals surface area contributed by atoms with Crippen LogP contribution in [0.1, 0.15) is 66.1 Å². The van der Waals surface area contributed by atoms with E-state index in [1.54, 1.807) is 33.8 Å². The first-order valence-corrected chi connectivity index (χ1v) is 15.8. The highest BCUT2D eigenvalue weighted by Gasteiger charge is 2.99. The van der Waals surface area contributed by atoms with Crippen LogP contribution in [0.5, 0.6) is 0 Å². The lowest BCUT2D eigenvalue weighted by molar-refractivity contribution is -0.419. The molecule has 0 amide bonds. The second-order valence-electron chi connectivity index (χ2n) is 15.0. The van der Waals surface area contributed by atoms with Gasteiger partial charge in [0.2, 0.25) is 0 Å². The van der Waals surface area contributed by atoms with E-state index in [4.69, 9.17) is 37.6 Å². The lowest BCUT2D eigenvalue weighted by Gasteiger charge is -2.74. The van der Waals surface area contributed by atoms with Crippen molar-refractivity contribution in [3.63, 3.8) is 0 Å². The minimum atomic E-state index is -1.81. The molecule has 7 aliphatic rings. The number of hydrogen-bond acceptors (Lipinski definition) is 14. The summed E-state index contributed by atoms with van der Waals surface area (Å²) in [4.78, 5) is 52.3. The van der Waals surface area contributed by atoms with Gasteiger partial charge in [0.15, 0.2) is 11.7 Å². The number of ether oxygens (including phenoxy) is 7. The summed E-state index contributed by atoms with van der Waals surface area (Å²) in [5.74, 6) is -6.81. The van der Waals surface area contributed by atoms with Crippen LogP contribution in [0.2, 0.25) is 0 Å². The van der Waals surface area contributed by atoms with E-state index in [1.807, 2.05) is 0 Å². The van der Waals surface area contributed by atoms with Gasteiger partial charge >= 0.3 is 23.9 Å². The van der Waals surface area contributed by atoms with E-state index in [1.165, 1.54) is 32.4 Å². The Morgan fingerprint density at radius 2 is 1.77 bits per heavy atom. The standard InChI is InChI=1S/C33H38O14/c1-14(34)42-18-11-32-29(5)22(21(37)26(38)40-7)27(3)13-31(29,39)20(24(27)43-15(2)35)25-33(32,47-30(6,45-25)46-32)17-10-19(36)44-23(28(17,18)4)16-8-9-41-12-16/h8-10,12,18,20-25,37,39H,11,13H2,1-7H3/t18-,20?,21+,22-,23-,24+,25-,27-,28-,29+,30-,31-,32-,33+/m1/s1. The Labute approximate surface area is 269 Å². The first-order chi connectivity index (χ1) is 21.9. The molecule has 254 valence electrons. The van der Waals surface area contributed by atoms with Gasteiger partial charge < -0.3 is 47.8 Å². The number of furan rings is 1. The Morgan fingerprint density at radius 3 is 2.38 bits per heavy atom. The van der Waals surface area contributed by atoms with Crippen molar-refractivity contribution in [2.24, 2.45) is 28.1 Å². The van der Waals surface area contributed by atoms with E-state index in [9.17, 15) is 29.4 Å². The topological polar surface area (TPSA) is 186 Å². The van der Waals surface area contributed by atoms with Gasteiger partial charge in [0.1, 0.15) is 30.0 Å². The molecular formula is C33H38O14. The van der Waals surface area contributed by atoms with E-state index in [-0.39, 0.29) is 12.8 Å². The number of aliphatic hydroxyl groups excluding tert-OH is 1.